The van der Waals surface area contributed by atoms with Gasteiger partial charge in [-0.25, -0.2) is 28.8 Å². The largest absolute Gasteiger partial charge is 0.373 e. The van der Waals surface area contributed by atoms with Gasteiger partial charge in [0.05, 0.1) is 82.5 Å². The Morgan fingerprint density at radius 2 is 1.44 bits per heavy atom. The highest BCUT2D eigenvalue weighted by molar-refractivity contribution is 6.07. The molecule has 10 heterocycles. The van der Waals surface area contributed by atoms with E-state index >= 15 is 0 Å². The number of carbonyl (C=O) groups excluding carboxylic acids is 3. The number of hydrogen-bond acceptors (Lipinski definition) is 16. The number of rotatable bonds is 20. The predicted molar refractivity (Wildman–Crippen MR) is 360 cm³/mol. The summed E-state index contributed by atoms with van der Waals surface area (Å²) in [5, 5.41) is 18.4. The Hall–Kier alpha value is -9.90. The molecule has 4 aromatic carbocycles. The average Bonchev–Trinajstić information content (AvgIpc) is 1.55. The van der Waals surface area contributed by atoms with E-state index in [0.717, 1.165) is 45.1 Å². The summed E-state index contributed by atoms with van der Waals surface area (Å²) in [5.41, 5.74) is 6.95. The van der Waals surface area contributed by atoms with Crippen molar-refractivity contribution >= 4 is 62.2 Å². The van der Waals surface area contributed by atoms with Crippen molar-refractivity contribution in [1.82, 2.24) is 58.0 Å². The number of aryl methyl sites for hydroxylation is 5. The van der Waals surface area contributed by atoms with Crippen molar-refractivity contribution < 1.29 is 28.2 Å². The zero-order chi connectivity index (χ0) is 66.7. The third-order valence-electron chi connectivity index (χ3n) is 19.8. The molecule has 24 nitrogen and oxygen atoms in total. The van der Waals surface area contributed by atoms with Crippen molar-refractivity contribution in [2.24, 2.45) is 5.92 Å². The number of alkyl halides is 1. The average molecular weight is 1300 g/mol. The molecule has 496 valence electrons. The number of nitriles is 1. The highest BCUT2D eigenvalue weighted by Crippen LogP contribution is 2.46. The van der Waals surface area contributed by atoms with Crippen molar-refractivity contribution in [3.8, 4) is 6.07 Å². The molecule has 3 fully saturated rings. The van der Waals surface area contributed by atoms with Crippen LogP contribution in [0.25, 0.3) is 27.5 Å². The number of likely N-dealkylation sites (N-methyl/N-ethyl adjacent to an activating group) is 2. The molecule has 4 atom stereocenters. The minimum absolute atomic E-state index is 0.0571. The normalized spacial score (nSPS) is 19.7. The van der Waals surface area contributed by atoms with E-state index in [2.05, 4.69) is 31.1 Å². The molecule has 0 radical (unpaired) electrons. The third-order valence-corrected chi connectivity index (χ3v) is 19.8. The summed E-state index contributed by atoms with van der Waals surface area (Å²) in [6, 6.07) is 29.9. The molecule has 0 saturated carbocycles. The van der Waals surface area contributed by atoms with E-state index in [9.17, 15) is 38.4 Å². The number of amides is 3. The van der Waals surface area contributed by atoms with Crippen LogP contribution in [0.4, 0.5) is 21.5 Å². The van der Waals surface area contributed by atoms with Crippen LogP contribution in [0.3, 0.4) is 0 Å². The number of imidazole rings is 1. The number of anilines is 3. The van der Waals surface area contributed by atoms with Crippen molar-refractivity contribution in [1.29, 1.82) is 5.26 Å². The van der Waals surface area contributed by atoms with E-state index in [4.69, 9.17) is 24.5 Å². The minimum atomic E-state index is -0.905. The molecule has 0 spiro atoms. The van der Waals surface area contributed by atoms with Gasteiger partial charge in [-0.1, -0.05) is 30.3 Å². The highest BCUT2D eigenvalue weighted by Gasteiger charge is 2.48. The van der Waals surface area contributed by atoms with Gasteiger partial charge in [-0.15, -0.1) is 0 Å². The first-order valence-corrected chi connectivity index (χ1v) is 33.0. The van der Waals surface area contributed by atoms with Crippen LogP contribution in [0.15, 0.2) is 118 Å². The number of ether oxygens (including phenoxy) is 2. The monoisotopic (exact) mass is 1300 g/mol. The summed E-state index contributed by atoms with van der Waals surface area (Å²) in [7, 11) is 5.19. The number of carbonyl (C=O) groups is 3. The van der Waals surface area contributed by atoms with Crippen LogP contribution in [0.5, 0.6) is 0 Å². The molecule has 3 saturated heterocycles. The molecular formula is C71H77FN16O8. The number of aromatic nitrogens is 9. The molecule has 2 unspecified atom stereocenters. The summed E-state index contributed by atoms with van der Waals surface area (Å²) < 4.78 is 34.1. The first-order chi connectivity index (χ1) is 46.4. The lowest BCUT2D eigenvalue weighted by molar-refractivity contribution is -0.141. The first-order valence-electron chi connectivity index (χ1n) is 33.0. The maximum Gasteiger partial charge on any atom is 0.345 e. The number of halogens is 1. The second-order valence-corrected chi connectivity index (χ2v) is 26.6. The van der Waals surface area contributed by atoms with Crippen LogP contribution in [0, 0.1) is 24.2 Å². The van der Waals surface area contributed by atoms with Gasteiger partial charge in [0.2, 0.25) is 5.91 Å². The summed E-state index contributed by atoms with van der Waals surface area (Å²) in [5.74, 6) is 0.962. The van der Waals surface area contributed by atoms with E-state index in [-0.39, 0.29) is 84.2 Å². The Labute approximate surface area is 552 Å². The number of fused-ring (bicyclic) bond motifs is 5. The number of nitrogens with zero attached hydrogens (tertiary/aromatic N) is 15. The second kappa shape index (κ2) is 26.0. The molecule has 0 aliphatic carbocycles. The van der Waals surface area contributed by atoms with Gasteiger partial charge in [0.1, 0.15) is 29.3 Å². The predicted octanol–water partition coefficient (Wildman–Crippen LogP) is 4.64. The van der Waals surface area contributed by atoms with Crippen LogP contribution in [0.1, 0.15) is 69.1 Å². The Morgan fingerprint density at radius 3 is 2.14 bits per heavy atom. The van der Waals surface area contributed by atoms with Crippen LogP contribution in [-0.2, 0) is 82.8 Å². The maximum atomic E-state index is 14.7. The van der Waals surface area contributed by atoms with E-state index in [0.29, 0.717) is 137 Å². The quantitative estimate of drug-likeness (QED) is 0.109. The van der Waals surface area contributed by atoms with Gasteiger partial charge in [0, 0.05) is 135 Å². The molecule has 5 aromatic heterocycles. The standard InChI is InChI=1S/C71H77FN16O8/c1-44-36-84-37-46(11-17-61(84)75-44)20-24-86-63(77-58-33-51(13-15-55(58)67(86)91)83-27-29-96-60(43-83)68(92)79(3)4)21-25-88-70(94)87-38-47(31-64(87)78-88)34-71(2)56-16-10-45(30-59(56)80(5)69(71)93)19-23-85-62(18-22-74-65(89)53-9-7-6-8-48(53)35-73)76-57-32-50(12-14-54(57)66(85)90)82-26-28-95-52(42-82)41-81-39-49(72)40-81/h6-17,30,32-33,36-37,47,49,52,60H,18-29,31,34,38-43H2,1-5H3,(H,74,89)/t47?,52-,60+,71?/m0/s1. The van der Waals surface area contributed by atoms with Crippen LogP contribution < -0.4 is 36.8 Å². The van der Waals surface area contributed by atoms with E-state index < -0.39 is 23.6 Å². The van der Waals surface area contributed by atoms with E-state index in [1.54, 1.807) is 70.1 Å². The Bertz CT molecular complexity index is 4790. The zero-order valence-electron chi connectivity index (χ0n) is 54.6. The summed E-state index contributed by atoms with van der Waals surface area (Å²) in [6.07, 6.45) is 4.84. The highest BCUT2D eigenvalue weighted by atomic mass is 19.1. The molecule has 25 heteroatoms. The molecule has 0 bridgehead atoms. The summed E-state index contributed by atoms with van der Waals surface area (Å²) in [6.45, 7) is 9.70. The topological polar surface area (TPSA) is 249 Å². The minimum Gasteiger partial charge on any atom is -0.373 e. The van der Waals surface area contributed by atoms with Crippen LogP contribution >= 0.6 is 0 Å². The van der Waals surface area contributed by atoms with Crippen molar-refractivity contribution in [2.75, 3.05) is 101 Å². The number of hydrogen-bond donors (Lipinski definition) is 1. The van der Waals surface area contributed by atoms with E-state index in [1.165, 1.54) is 9.58 Å². The Balaban J connectivity index is 0.671. The Morgan fingerprint density at radius 1 is 0.760 bits per heavy atom. The van der Waals surface area contributed by atoms with Gasteiger partial charge in [0.25, 0.3) is 22.9 Å². The fourth-order valence-corrected chi connectivity index (χ4v) is 14.8. The number of morpholine rings is 2. The lowest BCUT2D eigenvalue weighted by atomic mass is 9.75. The van der Waals surface area contributed by atoms with Crippen LogP contribution in [0.2, 0.25) is 0 Å². The molecule has 9 aromatic rings. The summed E-state index contributed by atoms with van der Waals surface area (Å²) in [4.78, 5) is 109. The number of pyridine rings is 1. The number of nitrogens with one attached hydrogen (secondary N) is 1. The van der Waals surface area contributed by atoms with Gasteiger partial charge in [-0.2, -0.15) is 10.4 Å². The van der Waals surface area contributed by atoms with Crippen molar-refractivity contribution in [2.45, 2.75) is 102 Å². The van der Waals surface area contributed by atoms with Gasteiger partial charge < -0.3 is 38.8 Å². The van der Waals surface area contributed by atoms with Crippen molar-refractivity contribution in [3.05, 3.63) is 186 Å². The molecular weight excluding hydrogens is 1220 g/mol. The molecule has 14 rings (SSSR count). The van der Waals surface area contributed by atoms with Gasteiger partial charge in [-0.05, 0) is 116 Å². The molecule has 5 aliphatic rings. The molecule has 3 amide bonds. The van der Waals surface area contributed by atoms with Gasteiger partial charge in [-0.3, -0.25) is 42.6 Å². The fraction of sp³-hybridized carbons (Fsp3) is 0.423. The number of likely N-dealkylation sites (tertiary alicyclic amines) is 1. The first kappa shape index (κ1) is 63.5. The molecule has 1 N–H and O–H groups in total. The van der Waals surface area contributed by atoms with E-state index in [1.807, 2.05) is 91.3 Å². The SMILES string of the molecule is Cc1cn2cc(CCn3c(CCn4nc5n(c4=O)CC(CC4(C)C(=O)N(C)c6cc(CCn7c(CCNC(=O)c8ccccc8C#N)nc8cc(N9CCO[C@@H](CN%10CC(F)C%10)C9)ccc8c7=O)ccc64)C5)nc4cc(N5CCO[C@@H](C(=O)N(C)C)C5)ccc4c3=O)ccc2n1. The van der Waals surface area contributed by atoms with Crippen molar-refractivity contribution in [3.63, 3.8) is 0 Å². The lowest BCUT2D eigenvalue weighted by Crippen LogP contribution is -2.55. The lowest BCUT2D eigenvalue weighted by Gasteiger charge is -2.40. The smallest absolute Gasteiger partial charge is 0.345 e. The molecule has 96 heavy (non-hydrogen) atoms. The second-order valence-electron chi connectivity index (χ2n) is 26.6. The van der Waals surface area contributed by atoms with Crippen LogP contribution in [-0.4, -0.2) is 175 Å². The van der Waals surface area contributed by atoms with Gasteiger partial charge in [0.15, 0.2) is 6.10 Å². The van der Waals surface area contributed by atoms with Gasteiger partial charge >= 0.3 is 5.69 Å². The Kier molecular flexibility index (Phi) is 17.2. The molecule has 5 aliphatic heterocycles. The maximum absolute atomic E-state index is 14.7. The summed E-state index contributed by atoms with van der Waals surface area (Å²) >= 11 is 0. The third kappa shape index (κ3) is 12.3. The number of benzene rings is 4. The fourth-order valence-electron chi connectivity index (χ4n) is 14.8. The zero-order valence-corrected chi connectivity index (χ0v) is 54.6.